The molecule has 0 spiro atoms. The van der Waals surface area contributed by atoms with Gasteiger partial charge in [-0.05, 0) is 178 Å². The lowest BCUT2D eigenvalue weighted by Gasteiger charge is -2.48. The molecule has 0 saturated heterocycles. The van der Waals surface area contributed by atoms with Crippen molar-refractivity contribution in [2.75, 3.05) is 9.80 Å². The molecule has 3 aliphatic rings. The zero-order chi connectivity index (χ0) is 51.8. The highest BCUT2D eigenvalue weighted by Crippen LogP contribution is 2.53. The monoisotopic (exact) mass is 949 g/mol. The molecule has 2 heterocycles. The fourth-order valence-electron chi connectivity index (χ4n) is 12.0. The van der Waals surface area contributed by atoms with Crippen LogP contribution in [-0.4, -0.2) is 6.71 Å². The molecule has 2 aliphatic heterocycles. The van der Waals surface area contributed by atoms with Crippen LogP contribution in [0.4, 0.5) is 34.1 Å². The van der Waals surface area contributed by atoms with E-state index < -0.39 is 0 Å². The summed E-state index contributed by atoms with van der Waals surface area (Å²) in [4.78, 5) is 5.37. The Morgan fingerprint density at radius 1 is 0.417 bits per heavy atom. The Bertz CT molecular complexity index is 3260. The van der Waals surface area contributed by atoms with Crippen LogP contribution >= 0.6 is 0 Å². The van der Waals surface area contributed by atoms with Crippen molar-refractivity contribution in [2.45, 2.75) is 176 Å². The van der Waals surface area contributed by atoms with Crippen LogP contribution in [0.15, 0.2) is 133 Å². The Kier molecular flexibility index (Phi) is 11.7. The molecule has 2 nitrogen and oxygen atoms in total. The molecular formula is C69H81BN2. The van der Waals surface area contributed by atoms with Gasteiger partial charge in [0.25, 0.3) is 6.71 Å². The van der Waals surface area contributed by atoms with E-state index in [-0.39, 0.29) is 39.2 Å². The van der Waals surface area contributed by atoms with Gasteiger partial charge in [-0.25, -0.2) is 0 Å². The lowest BCUT2D eigenvalue weighted by molar-refractivity contribution is 0.332. The first-order valence-corrected chi connectivity index (χ1v) is 27.1. The maximum Gasteiger partial charge on any atom is 0.252 e. The van der Waals surface area contributed by atoms with Crippen molar-refractivity contribution >= 4 is 57.2 Å². The maximum absolute atomic E-state index is 2.72. The molecule has 0 aromatic heterocycles. The van der Waals surface area contributed by atoms with Crippen molar-refractivity contribution in [1.29, 1.82) is 0 Å². The molecule has 0 fully saturated rings. The van der Waals surface area contributed by atoms with Gasteiger partial charge in [0.2, 0.25) is 0 Å². The van der Waals surface area contributed by atoms with Crippen LogP contribution in [0.2, 0.25) is 0 Å². The minimum absolute atomic E-state index is 0.0121. The fourth-order valence-corrected chi connectivity index (χ4v) is 12.0. The highest BCUT2D eigenvalue weighted by molar-refractivity contribution is 7.00. The van der Waals surface area contributed by atoms with Gasteiger partial charge in [0.1, 0.15) is 0 Å². The molecule has 7 aromatic carbocycles. The quantitative estimate of drug-likeness (QED) is 0.159. The van der Waals surface area contributed by atoms with Crippen LogP contribution in [-0.2, 0) is 32.5 Å². The Labute approximate surface area is 435 Å². The predicted octanol–water partition coefficient (Wildman–Crippen LogP) is 17.8. The van der Waals surface area contributed by atoms with Gasteiger partial charge in [0, 0.05) is 34.0 Å². The summed E-state index contributed by atoms with van der Waals surface area (Å²) < 4.78 is 0. The van der Waals surface area contributed by atoms with E-state index in [0.717, 1.165) is 12.8 Å². The van der Waals surface area contributed by atoms with Crippen LogP contribution < -0.4 is 26.2 Å². The average molecular weight is 949 g/mol. The molecule has 0 bridgehead atoms. The SMILES string of the molecule is CC(C)c1cc2c3c(c1)N(c1ccc(C(C)(C)C)cc1-c1cccc(-c4ccc(C(C)(C)C)cc4)c1)c1cc4c(cc1B3c1ccc(C(C)(C)C)cc1N2c1cccc(C(C)(C)C)c1)C(C)(C)CCC4(C)C. The lowest BCUT2D eigenvalue weighted by Crippen LogP contribution is -2.62. The van der Waals surface area contributed by atoms with Gasteiger partial charge in [-0.3, -0.25) is 0 Å². The molecule has 1 aliphatic carbocycles. The van der Waals surface area contributed by atoms with Crippen LogP contribution in [0.1, 0.15) is 182 Å². The first kappa shape index (κ1) is 49.8. The Morgan fingerprint density at radius 3 is 1.54 bits per heavy atom. The van der Waals surface area contributed by atoms with Gasteiger partial charge in [0.15, 0.2) is 0 Å². The smallest absolute Gasteiger partial charge is 0.252 e. The van der Waals surface area contributed by atoms with Crippen molar-refractivity contribution < 1.29 is 0 Å². The standard InChI is InChI=1S/C69H81BN2/c1-43(2)47-36-61-63-62(37-47)72(58-32-30-50(66(9,10)11)39-53(58)46-22-19-21-45(35-46)44-25-27-48(28-26-44)64(3,4)5)60-42-55-54(68(15,16)33-34-69(55,17)18)41-57(60)70(63)56-31-29-51(67(12,13)14)40-59(56)71(61)52-24-20-23-49(38-52)65(6,7)8/h19-32,35-43H,33-34H2,1-18H3. The highest BCUT2D eigenvalue weighted by Gasteiger charge is 2.47. The van der Waals surface area contributed by atoms with E-state index in [1.807, 2.05) is 0 Å². The number of fused-ring (bicyclic) bond motifs is 5. The third-order valence-corrected chi connectivity index (χ3v) is 16.9. The molecule has 370 valence electrons. The Morgan fingerprint density at radius 2 is 0.931 bits per heavy atom. The first-order chi connectivity index (χ1) is 33.5. The molecule has 0 atom stereocenters. The van der Waals surface area contributed by atoms with Crippen LogP contribution in [0.5, 0.6) is 0 Å². The van der Waals surface area contributed by atoms with Gasteiger partial charge in [-0.15, -0.1) is 0 Å². The zero-order valence-corrected chi connectivity index (χ0v) is 47.2. The average Bonchev–Trinajstić information content (AvgIpc) is 3.31. The topological polar surface area (TPSA) is 6.48 Å². The minimum atomic E-state index is -0.0539. The Hall–Kier alpha value is -5.80. The molecule has 0 amide bonds. The van der Waals surface area contributed by atoms with E-state index in [0.29, 0.717) is 5.92 Å². The number of rotatable bonds is 5. The summed E-state index contributed by atoms with van der Waals surface area (Å²) in [6, 6.07) is 53.3. The maximum atomic E-state index is 2.72. The van der Waals surface area contributed by atoms with E-state index in [1.165, 1.54) is 112 Å². The summed E-state index contributed by atoms with van der Waals surface area (Å²) in [6.07, 6.45) is 2.32. The molecule has 0 unspecified atom stereocenters. The third kappa shape index (κ3) is 8.55. The van der Waals surface area contributed by atoms with Gasteiger partial charge in [-0.1, -0.05) is 203 Å². The van der Waals surface area contributed by atoms with E-state index in [9.17, 15) is 0 Å². The summed E-state index contributed by atoms with van der Waals surface area (Å²) in [5.74, 6) is 0.297. The molecule has 0 saturated carbocycles. The second-order valence-corrected chi connectivity index (χ2v) is 27.7. The zero-order valence-electron chi connectivity index (χ0n) is 47.2. The van der Waals surface area contributed by atoms with E-state index in [1.54, 1.807) is 0 Å². The largest absolute Gasteiger partial charge is 0.311 e. The summed E-state index contributed by atoms with van der Waals surface area (Å²) in [5, 5.41) is 0. The fraction of sp³-hybridized carbons (Fsp3) is 0.391. The van der Waals surface area contributed by atoms with Crippen LogP contribution in [0.25, 0.3) is 22.3 Å². The van der Waals surface area contributed by atoms with Crippen LogP contribution in [0, 0.1) is 0 Å². The summed E-state index contributed by atoms with van der Waals surface area (Å²) in [5.41, 5.74) is 26.4. The predicted molar refractivity (Wildman–Crippen MR) is 316 cm³/mol. The lowest BCUT2D eigenvalue weighted by atomic mass is 9.33. The Balaban J connectivity index is 1.33. The number of anilines is 6. The molecule has 0 N–H and O–H groups in total. The normalized spacial score (nSPS) is 16.1. The number of hydrogen-bond acceptors (Lipinski definition) is 2. The first-order valence-electron chi connectivity index (χ1n) is 27.1. The summed E-state index contributed by atoms with van der Waals surface area (Å²) in [6.45, 7) is 42.7. The third-order valence-electron chi connectivity index (χ3n) is 16.9. The minimum Gasteiger partial charge on any atom is -0.311 e. The van der Waals surface area contributed by atoms with Gasteiger partial charge in [-0.2, -0.15) is 0 Å². The summed E-state index contributed by atoms with van der Waals surface area (Å²) >= 11 is 0. The van der Waals surface area contributed by atoms with Gasteiger partial charge >= 0.3 is 0 Å². The molecule has 7 aromatic rings. The van der Waals surface area contributed by atoms with Crippen molar-refractivity contribution in [1.82, 2.24) is 0 Å². The number of benzene rings is 7. The molecule has 72 heavy (non-hydrogen) atoms. The number of hydrogen-bond donors (Lipinski definition) is 0. The van der Waals surface area contributed by atoms with E-state index in [4.69, 9.17) is 0 Å². The second kappa shape index (κ2) is 16.9. The molecule has 10 rings (SSSR count). The van der Waals surface area contributed by atoms with Gasteiger partial charge in [0.05, 0.1) is 5.69 Å². The van der Waals surface area contributed by atoms with E-state index in [2.05, 4.69) is 268 Å². The molecule has 3 heteroatoms. The molecular weight excluding hydrogens is 868 g/mol. The second-order valence-electron chi connectivity index (χ2n) is 27.7. The van der Waals surface area contributed by atoms with Crippen molar-refractivity contribution in [3.8, 4) is 22.3 Å². The van der Waals surface area contributed by atoms with Gasteiger partial charge < -0.3 is 9.80 Å². The highest BCUT2D eigenvalue weighted by atomic mass is 15.2. The van der Waals surface area contributed by atoms with Crippen molar-refractivity contribution in [2.24, 2.45) is 0 Å². The van der Waals surface area contributed by atoms with Crippen LogP contribution in [0.3, 0.4) is 0 Å². The van der Waals surface area contributed by atoms with E-state index >= 15 is 0 Å². The van der Waals surface area contributed by atoms with Crippen molar-refractivity contribution in [3.05, 3.63) is 172 Å². The molecule has 0 radical (unpaired) electrons. The number of nitrogens with zero attached hydrogens (tertiary/aromatic N) is 2. The van der Waals surface area contributed by atoms with Crippen molar-refractivity contribution in [3.63, 3.8) is 0 Å². The summed E-state index contributed by atoms with van der Waals surface area (Å²) in [7, 11) is 0.